The highest BCUT2D eigenvalue weighted by molar-refractivity contribution is 7.90. The van der Waals surface area contributed by atoms with E-state index in [2.05, 4.69) is 10.3 Å². The van der Waals surface area contributed by atoms with E-state index in [1.807, 2.05) is 12.1 Å². The Hall–Kier alpha value is -3.27. The van der Waals surface area contributed by atoms with E-state index in [-0.39, 0.29) is 35.0 Å². The number of rotatable bonds is 5. The van der Waals surface area contributed by atoms with E-state index in [0.29, 0.717) is 31.1 Å². The maximum atomic E-state index is 13.0. The number of sulfone groups is 1. The van der Waals surface area contributed by atoms with Gasteiger partial charge in [-0.3, -0.25) is 19.4 Å². The summed E-state index contributed by atoms with van der Waals surface area (Å²) in [5.74, 6) is 0.379. The van der Waals surface area contributed by atoms with Crippen molar-refractivity contribution < 1.29 is 27.9 Å². The molecule has 33 heavy (non-hydrogen) atoms. The fraction of sp³-hybridized carbons (Fsp3) is 0.391. The molecule has 1 aromatic carbocycles. The third kappa shape index (κ3) is 5.95. The van der Waals surface area contributed by atoms with Gasteiger partial charge < -0.3 is 15.3 Å². The molecule has 1 aliphatic carbocycles. The van der Waals surface area contributed by atoms with E-state index >= 15 is 0 Å². The number of pyridine rings is 1. The summed E-state index contributed by atoms with van der Waals surface area (Å²) < 4.78 is 23.6. The molecule has 10 heteroatoms. The molecule has 2 N–H and O–H groups in total. The van der Waals surface area contributed by atoms with Crippen molar-refractivity contribution in [2.24, 2.45) is 17.8 Å². The molecular weight excluding hydrogens is 446 g/mol. The number of nitrogens with one attached hydrogen (secondary N) is 1. The Bertz CT molecular complexity index is 1110. The van der Waals surface area contributed by atoms with E-state index in [9.17, 15) is 18.0 Å². The second-order valence-corrected chi connectivity index (χ2v) is 10.3. The molecule has 0 spiro atoms. The maximum Gasteiger partial charge on any atom is 0.290 e. The topological polar surface area (TPSA) is 134 Å². The maximum absolute atomic E-state index is 13.0. The van der Waals surface area contributed by atoms with Crippen molar-refractivity contribution in [2.75, 3.05) is 19.3 Å². The molecule has 2 aromatic rings. The molecule has 0 bridgehead atoms. The van der Waals surface area contributed by atoms with Crippen LogP contribution in [0.3, 0.4) is 0 Å². The lowest BCUT2D eigenvalue weighted by Gasteiger charge is -2.50. The second-order valence-electron chi connectivity index (χ2n) is 8.28. The molecule has 1 saturated heterocycles. The Morgan fingerprint density at radius 3 is 2.61 bits per heavy atom. The van der Waals surface area contributed by atoms with Crippen LogP contribution >= 0.6 is 0 Å². The number of benzene rings is 1. The van der Waals surface area contributed by atoms with Crippen LogP contribution in [0.5, 0.6) is 0 Å². The molecule has 2 amide bonds. The fourth-order valence-electron chi connectivity index (χ4n) is 4.43. The lowest BCUT2D eigenvalue weighted by molar-refractivity contribution is -0.136. The predicted octanol–water partition coefficient (Wildman–Crippen LogP) is 1.60. The highest BCUT2D eigenvalue weighted by atomic mass is 32.2. The molecule has 1 aliphatic heterocycles. The van der Waals surface area contributed by atoms with E-state index in [1.165, 1.54) is 12.1 Å². The van der Waals surface area contributed by atoms with Gasteiger partial charge in [0.15, 0.2) is 9.84 Å². The first-order chi connectivity index (χ1) is 15.7. The molecule has 1 saturated carbocycles. The Balaban J connectivity index is 0.000000968. The van der Waals surface area contributed by atoms with Gasteiger partial charge in [0.1, 0.15) is 0 Å². The third-order valence-electron chi connectivity index (χ3n) is 6.23. The largest absolute Gasteiger partial charge is 0.483 e. The average molecular weight is 474 g/mol. The normalized spacial score (nSPS) is 21.5. The summed E-state index contributed by atoms with van der Waals surface area (Å²) in [6, 6.07) is 9.90. The van der Waals surface area contributed by atoms with Gasteiger partial charge >= 0.3 is 0 Å². The summed E-state index contributed by atoms with van der Waals surface area (Å²) in [5.41, 5.74) is 1.37. The first-order valence-electron chi connectivity index (χ1n) is 10.6. The molecule has 3 atom stereocenters. The number of fused-ring (bicyclic) bond motifs is 1. The number of amides is 2. The number of carbonyl (C=O) groups is 3. The predicted molar refractivity (Wildman–Crippen MR) is 120 cm³/mol. The second kappa shape index (κ2) is 10.6. The Kier molecular flexibility index (Phi) is 7.80. The van der Waals surface area contributed by atoms with Crippen LogP contribution in [0.25, 0.3) is 0 Å². The van der Waals surface area contributed by atoms with Gasteiger partial charge in [-0.25, -0.2) is 8.42 Å². The van der Waals surface area contributed by atoms with Crippen LogP contribution in [-0.2, 0) is 26.0 Å². The molecule has 2 heterocycles. The smallest absolute Gasteiger partial charge is 0.290 e. The zero-order chi connectivity index (χ0) is 24.0. The van der Waals surface area contributed by atoms with Gasteiger partial charge in [0.2, 0.25) is 5.91 Å². The molecule has 2 aliphatic rings. The standard InChI is InChI=1S/C22H25N3O4S.CH2O2/c1-30(28,29)18-4-2-3-17(11-18)22(27)25-10-7-16-12-19(20(16)14-25)21(26)24-13-15-5-8-23-9-6-15;2-1-3/h2-6,8-9,11,16,19-20H,7,10,12-14H2,1H3,(H,24,26);1H,(H,2,3)/t16-,19-,20-;/m1./s1. The van der Waals surface area contributed by atoms with Crippen molar-refractivity contribution in [3.63, 3.8) is 0 Å². The number of likely N-dealkylation sites (tertiary alicyclic amines) is 1. The van der Waals surface area contributed by atoms with Crippen LogP contribution < -0.4 is 5.32 Å². The monoisotopic (exact) mass is 473 g/mol. The molecule has 0 radical (unpaired) electrons. The van der Waals surface area contributed by atoms with Crippen LogP contribution in [0, 0.1) is 17.8 Å². The zero-order valence-corrected chi connectivity index (χ0v) is 19.1. The van der Waals surface area contributed by atoms with Crippen molar-refractivity contribution in [1.29, 1.82) is 0 Å². The molecule has 4 rings (SSSR count). The van der Waals surface area contributed by atoms with Gasteiger partial charge in [0, 0.05) is 49.8 Å². The SMILES string of the molecule is CS(=O)(=O)c1cccc(C(=O)N2CC[C@@H]3C[C@@H](C(=O)NCc4ccncc4)[C@@H]3C2)c1.O=CO. The Morgan fingerprint density at radius 1 is 1.24 bits per heavy atom. The Labute approximate surface area is 192 Å². The minimum absolute atomic E-state index is 0.0291. The summed E-state index contributed by atoms with van der Waals surface area (Å²) in [4.78, 5) is 39.9. The van der Waals surface area contributed by atoms with Gasteiger partial charge in [0.25, 0.3) is 12.4 Å². The van der Waals surface area contributed by atoms with E-state index in [0.717, 1.165) is 24.7 Å². The average Bonchev–Trinajstić information content (AvgIpc) is 2.79. The van der Waals surface area contributed by atoms with E-state index in [1.54, 1.807) is 29.4 Å². The van der Waals surface area contributed by atoms with E-state index in [4.69, 9.17) is 9.90 Å². The van der Waals surface area contributed by atoms with Gasteiger partial charge in [-0.05, 0) is 60.6 Å². The number of nitrogens with zero attached hydrogens (tertiary/aromatic N) is 2. The molecule has 9 nitrogen and oxygen atoms in total. The molecule has 176 valence electrons. The number of aromatic nitrogens is 1. The minimum Gasteiger partial charge on any atom is -0.483 e. The van der Waals surface area contributed by atoms with Crippen molar-refractivity contribution in [1.82, 2.24) is 15.2 Å². The van der Waals surface area contributed by atoms with Crippen LogP contribution in [0.2, 0.25) is 0 Å². The van der Waals surface area contributed by atoms with Crippen LogP contribution in [-0.4, -0.2) is 61.0 Å². The lowest BCUT2D eigenvalue weighted by Crippen LogP contribution is -2.56. The van der Waals surface area contributed by atoms with Crippen molar-refractivity contribution in [2.45, 2.75) is 24.3 Å². The van der Waals surface area contributed by atoms with Crippen LogP contribution in [0.4, 0.5) is 0 Å². The van der Waals surface area contributed by atoms with Crippen molar-refractivity contribution >= 4 is 28.1 Å². The summed E-state index contributed by atoms with van der Waals surface area (Å²) in [5, 5.41) is 9.89. The highest BCUT2D eigenvalue weighted by Gasteiger charge is 2.48. The van der Waals surface area contributed by atoms with Gasteiger partial charge in [0.05, 0.1) is 4.90 Å². The number of carbonyl (C=O) groups excluding carboxylic acids is 2. The summed E-state index contributed by atoms with van der Waals surface area (Å²) >= 11 is 0. The van der Waals surface area contributed by atoms with Crippen molar-refractivity contribution in [3.05, 3.63) is 59.9 Å². The highest BCUT2D eigenvalue weighted by Crippen LogP contribution is 2.46. The number of carboxylic acid groups (broad SMARTS) is 1. The van der Waals surface area contributed by atoms with Crippen LogP contribution in [0.1, 0.15) is 28.8 Å². The summed E-state index contributed by atoms with van der Waals surface area (Å²) in [6.45, 7) is 1.38. The number of hydrogen-bond acceptors (Lipinski definition) is 6. The van der Waals surface area contributed by atoms with E-state index < -0.39 is 9.84 Å². The quantitative estimate of drug-likeness (QED) is 0.630. The lowest BCUT2D eigenvalue weighted by atomic mass is 9.61. The van der Waals surface area contributed by atoms with Crippen LogP contribution in [0.15, 0.2) is 53.7 Å². The third-order valence-corrected chi connectivity index (χ3v) is 7.34. The van der Waals surface area contributed by atoms with Gasteiger partial charge in [-0.2, -0.15) is 0 Å². The first-order valence-corrected chi connectivity index (χ1v) is 12.5. The Morgan fingerprint density at radius 2 is 1.94 bits per heavy atom. The van der Waals surface area contributed by atoms with Gasteiger partial charge in [-0.15, -0.1) is 0 Å². The van der Waals surface area contributed by atoms with Gasteiger partial charge in [-0.1, -0.05) is 6.07 Å². The van der Waals surface area contributed by atoms with Crippen molar-refractivity contribution in [3.8, 4) is 0 Å². The molecule has 2 fully saturated rings. The number of hydrogen-bond donors (Lipinski definition) is 2. The molecule has 1 aromatic heterocycles. The zero-order valence-electron chi connectivity index (χ0n) is 18.3. The number of piperidine rings is 1. The fourth-order valence-corrected chi connectivity index (χ4v) is 5.10. The first kappa shape index (κ1) is 24.4. The summed E-state index contributed by atoms with van der Waals surface area (Å²) in [6.07, 6.45) is 6.26. The minimum atomic E-state index is -3.37. The molecular formula is C23H27N3O6S. The summed E-state index contributed by atoms with van der Waals surface area (Å²) in [7, 11) is -3.37. The molecule has 0 unspecified atom stereocenters.